The smallest absolute Gasteiger partial charge is 0.226 e. The van der Waals surface area contributed by atoms with Crippen LogP contribution < -0.4 is 0 Å². The van der Waals surface area contributed by atoms with E-state index < -0.39 is 6.10 Å². The summed E-state index contributed by atoms with van der Waals surface area (Å²) in [5.74, 6) is 2.11. The van der Waals surface area contributed by atoms with E-state index in [0.29, 0.717) is 24.8 Å². The molecule has 3 rings (SSSR count). The van der Waals surface area contributed by atoms with Crippen LogP contribution >= 0.6 is 0 Å². The third-order valence-corrected chi connectivity index (χ3v) is 4.68. The molecule has 2 unspecified atom stereocenters. The van der Waals surface area contributed by atoms with Crippen LogP contribution in [0.3, 0.4) is 0 Å². The van der Waals surface area contributed by atoms with E-state index in [-0.39, 0.29) is 0 Å². The molecule has 3 heterocycles. The molecule has 0 saturated carbocycles. The average molecular weight is 333 g/mol. The number of aliphatic hydroxyl groups is 1. The third kappa shape index (κ3) is 4.45. The van der Waals surface area contributed by atoms with Gasteiger partial charge in [0, 0.05) is 12.5 Å². The van der Waals surface area contributed by atoms with Gasteiger partial charge >= 0.3 is 0 Å². The van der Waals surface area contributed by atoms with Gasteiger partial charge in [0.25, 0.3) is 0 Å². The molecule has 132 valence electrons. The van der Waals surface area contributed by atoms with Crippen LogP contribution in [0.1, 0.15) is 69.0 Å². The molecule has 2 aromatic heterocycles. The molecule has 1 aliphatic heterocycles. The molecule has 1 N–H and O–H groups in total. The van der Waals surface area contributed by atoms with Crippen molar-refractivity contribution >= 4 is 0 Å². The Morgan fingerprint density at radius 3 is 3.08 bits per heavy atom. The van der Waals surface area contributed by atoms with E-state index in [1.54, 1.807) is 6.26 Å². The minimum Gasteiger partial charge on any atom is -0.467 e. The molecule has 2 aromatic rings. The van der Waals surface area contributed by atoms with Gasteiger partial charge in [0.2, 0.25) is 5.89 Å². The number of aryl methyl sites for hydroxylation is 1. The van der Waals surface area contributed by atoms with Gasteiger partial charge in [-0.2, -0.15) is 4.98 Å². The van der Waals surface area contributed by atoms with Crippen LogP contribution in [0.5, 0.6) is 0 Å². The van der Waals surface area contributed by atoms with Crippen LogP contribution in [-0.4, -0.2) is 32.7 Å². The van der Waals surface area contributed by atoms with Gasteiger partial charge in [-0.1, -0.05) is 24.9 Å². The zero-order valence-electron chi connectivity index (χ0n) is 14.4. The Labute approximate surface area is 142 Å². The number of nitrogens with zero attached hydrogens (tertiary/aromatic N) is 3. The molecule has 0 spiro atoms. The van der Waals surface area contributed by atoms with Crippen molar-refractivity contribution < 1.29 is 14.0 Å². The summed E-state index contributed by atoms with van der Waals surface area (Å²) in [7, 11) is 0. The lowest BCUT2D eigenvalue weighted by Crippen LogP contribution is -2.36. The number of aliphatic hydroxyl groups excluding tert-OH is 1. The lowest BCUT2D eigenvalue weighted by atomic mass is 10.0. The van der Waals surface area contributed by atoms with Crippen molar-refractivity contribution in [1.29, 1.82) is 0 Å². The summed E-state index contributed by atoms with van der Waals surface area (Å²) in [6.45, 7) is 3.79. The molecule has 0 aliphatic carbocycles. The molecule has 6 nitrogen and oxygen atoms in total. The van der Waals surface area contributed by atoms with Gasteiger partial charge in [-0.25, -0.2) is 0 Å². The molecule has 1 aliphatic rings. The second-order valence-corrected chi connectivity index (χ2v) is 6.59. The first-order chi connectivity index (χ1) is 11.8. The second-order valence-electron chi connectivity index (χ2n) is 6.59. The van der Waals surface area contributed by atoms with Crippen molar-refractivity contribution in [3.8, 4) is 0 Å². The van der Waals surface area contributed by atoms with Gasteiger partial charge in [-0.05, 0) is 44.4 Å². The van der Waals surface area contributed by atoms with Crippen molar-refractivity contribution in [2.45, 2.75) is 70.6 Å². The number of likely N-dealkylation sites (tertiary alicyclic amines) is 1. The van der Waals surface area contributed by atoms with Gasteiger partial charge in [0.1, 0.15) is 11.9 Å². The largest absolute Gasteiger partial charge is 0.467 e. The maximum atomic E-state index is 10.4. The van der Waals surface area contributed by atoms with Gasteiger partial charge in [0.05, 0.1) is 12.8 Å². The summed E-state index contributed by atoms with van der Waals surface area (Å²) in [5.41, 5.74) is 0. The predicted octanol–water partition coefficient (Wildman–Crippen LogP) is 3.48. The molecular formula is C18H27N3O3. The first kappa shape index (κ1) is 17.2. The molecule has 24 heavy (non-hydrogen) atoms. The molecule has 0 aromatic carbocycles. The summed E-state index contributed by atoms with van der Waals surface area (Å²) >= 11 is 0. The Morgan fingerprint density at radius 1 is 1.38 bits per heavy atom. The molecular weight excluding hydrogens is 306 g/mol. The highest BCUT2D eigenvalue weighted by Gasteiger charge is 2.26. The molecule has 0 radical (unpaired) electrons. The van der Waals surface area contributed by atoms with E-state index in [2.05, 4.69) is 22.0 Å². The summed E-state index contributed by atoms with van der Waals surface area (Å²) in [4.78, 5) is 6.88. The first-order valence-electron chi connectivity index (χ1n) is 9.03. The fourth-order valence-electron chi connectivity index (χ4n) is 3.42. The minimum atomic E-state index is -0.563. The second kappa shape index (κ2) is 8.44. The van der Waals surface area contributed by atoms with Crippen LogP contribution in [-0.2, 0) is 13.0 Å². The Balaban J connectivity index is 1.65. The number of hydrogen-bond acceptors (Lipinski definition) is 6. The average Bonchev–Trinajstić information content (AvgIpc) is 3.20. The fourth-order valence-corrected chi connectivity index (χ4v) is 3.42. The van der Waals surface area contributed by atoms with Crippen LogP contribution in [0.2, 0.25) is 0 Å². The zero-order chi connectivity index (χ0) is 16.8. The Bertz CT molecular complexity index is 596. The molecule has 6 heteroatoms. The van der Waals surface area contributed by atoms with E-state index in [9.17, 15) is 5.11 Å². The highest BCUT2D eigenvalue weighted by molar-refractivity contribution is 5.02. The quantitative estimate of drug-likeness (QED) is 0.836. The molecule has 0 amide bonds. The maximum absolute atomic E-state index is 10.4. The van der Waals surface area contributed by atoms with Crippen LogP contribution in [0.4, 0.5) is 0 Å². The normalized spacial score (nSPS) is 20.8. The maximum Gasteiger partial charge on any atom is 0.226 e. The monoisotopic (exact) mass is 333 g/mol. The van der Waals surface area contributed by atoms with Crippen LogP contribution in [0.15, 0.2) is 27.3 Å². The standard InChI is InChI=1S/C18H27N3O3/c1-2-7-18-19-17(20-24-18)13-21-10-5-3-4-8-14(21)12-15(22)16-9-6-11-23-16/h6,9,11,14-15,22H,2-5,7-8,10,12-13H2,1H3. The SMILES string of the molecule is CCCc1nc(CN2CCCCCC2CC(O)c2ccco2)no1. The third-order valence-electron chi connectivity index (χ3n) is 4.68. The highest BCUT2D eigenvalue weighted by atomic mass is 16.5. The van der Waals surface area contributed by atoms with Gasteiger partial charge in [0.15, 0.2) is 5.82 Å². The molecule has 0 bridgehead atoms. The Morgan fingerprint density at radius 2 is 2.29 bits per heavy atom. The number of hydrogen-bond donors (Lipinski definition) is 1. The Hall–Kier alpha value is -1.66. The fraction of sp³-hybridized carbons (Fsp3) is 0.667. The molecule has 1 fully saturated rings. The van der Waals surface area contributed by atoms with Crippen molar-refractivity contribution in [3.63, 3.8) is 0 Å². The summed E-state index contributed by atoms with van der Waals surface area (Å²) in [6, 6.07) is 3.96. The summed E-state index contributed by atoms with van der Waals surface area (Å²) in [5, 5.41) is 14.6. The van der Waals surface area contributed by atoms with Crippen molar-refractivity contribution in [2.24, 2.45) is 0 Å². The van der Waals surface area contributed by atoms with Crippen LogP contribution in [0, 0.1) is 0 Å². The van der Waals surface area contributed by atoms with E-state index >= 15 is 0 Å². The highest BCUT2D eigenvalue weighted by Crippen LogP contribution is 2.27. The first-order valence-corrected chi connectivity index (χ1v) is 9.03. The number of furan rings is 1. The topological polar surface area (TPSA) is 75.5 Å². The molecule has 1 saturated heterocycles. The van der Waals surface area contributed by atoms with Crippen molar-refractivity contribution in [2.75, 3.05) is 6.54 Å². The number of rotatable bonds is 7. The van der Waals surface area contributed by atoms with Gasteiger partial charge < -0.3 is 14.0 Å². The number of aromatic nitrogens is 2. The summed E-state index contributed by atoms with van der Waals surface area (Å²) < 4.78 is 10.6. The van der Waals surface area contributed by atoms with Gasteiger partial charge in [-0.3, -0.25) is 4.90 Å². The van der Waals surface area contributed by atoms with E-state index in [4.69, 9.17) is 8.94 Å². The van der Waals surface area contributed by atoms with Crippen LogP contribution in [0.25, 0.3) is 0 Å². The van der Waals surface area contributed by atoms with Crippen molar-refractivity contribution in [3.05, 3.63) is 35.9 Å². The van der Waals surface area contributed by atoms with Gasteiger partial charge in [-0.15, -0.1) is 0 Å². The van der Waals surface area contributed by atoms with E-state index in [1.807, 2.05) is 12.1 Å². The summed E-state index contributed by atoms with van der Waals surface area (Å²) in [6.07, 6.45) is 8.23. The molecule has 2 atom stereocenters. The zero-order valence-corrected chi connectivity index (χ0v) is 14.4. The van der Waals surface area contributed by atoms with Crippen molar-refractivity contribution in [1.82, 2.24) is 15.0 Å². The van der Waals surface area contributed by atoms with E-state index in [0.717, 1.165) is 37.5 Å². The lowest BCUT2D eigenvalue weighted by molar-refractivity contribution is 0.0815. The Kier molecular flexibility index (Phi) is 6.04. The van der Waals surface area contributed by atoms with E-state index in [1.165, 1.54) is 19.3 Å². The lowest BCUT2D eigenvalue weighted by Gasteiger charge is -2.30. The minimum absolute atomic E-state index is 0.306. The predicted molar refractivity (Wildman–Crippen MR) is 89.2 cm³/mol.